The highest BCUT2D eigenvalue weighted by atomic mass is 16.5. The van der Waals surface area contributed by atoms with E-state index in [1.807, 2.05) is 31.2 Å². The number of aryl methyl sites for hydroxylation is 1. The fourth-order valence-electron chi connectivity index (χ4n) is 2.87. The van der Waals surface area contributed by atoms with E-state index < -0.39 is 0 Å². The first-order chi connectivity index (χ1) is 14.6. The van der Waals surface area contributed by atoms with Gasteiger partial charge in [0.2, 0.25) is 0 Å². The Bertz CT molecular complexity index is 824. The van der Waals surface area contributed by atoms with Gasteiger partial charge in [-0.3, -0.25) is 4.99 Å². The number of hydrogen-bond acceptors (Lipinski definition) is 5. The molecule has 0 aliphatic carbocycles. The van der Waals surface area contributed by atoms with Crippen LogP contribution in [-0.2, 0) is 17.8 Å². The molecule has 2 aromatic carbocycles. The molecule has 0 aromatic heterocycles. The molecule has 0 aliphatic heterocycles. The zero-order valence-corrected chi connectivity index (χ0v) is 18.6. The van der Waals surface area contributed by atoms with Gasteiger partial charge in [-0.2, -0.15) is 0 Å². The SMILES string of the molecule is CCOCCOc1cc(C)ccc1CNC(=NC)NCc1ccc(OC)c(OC)c1. The summed E-state index contributed by atoms with van der Waals surface area (Å²) in [5.41, 5.74) is 3.28. The lowest BCUT2D eigenvalue weighted by Crippen LogP contribution is -2.36. The van der Waals surface area contributed by atoms with Gasteiger partial charge < -0.3 is 29.6 Å². The van der Waals surface area contributed by atoms with E-state index in [-0.39, 0.29) is 0 Å². The summed E-state index contributed by atoms with van der Waals surface area (Å²) in [5.74, 6) is 2.97. The molecule has 0 saturated carbocycles. The van der Waals surface area contributed by atoms with Crippen LogP contribution in [0.1, 0.15) is 23.6 Å². The van der Waals surface area contributed by atoms with Gasteiger partial charge in [-0.25, -0.2) is 0 Å². The molecule has 164 valence electrons. The first-order valence-electron chi connectivity index (χ1n) is 10.1. The van der Waals surface area contributed by atoms with E-state index in [1.54, 1.807) is 21.3 Å². The van der Waals surface area contributed by atoms with Gasteiger partial charge in [-0.15, -0.1) is 0 Å². The van der Waals surface area contributed by atoms with Gasteiger partial charge in [0, 0.05) is 32.3 Å². The van der Waals surface area contributed by atoms with Crippen LogP contribution in [0.3, 0.4) is 0 Å². The van der Waals surface area contributed by atoms with Gasteiger partial charge in [0.05, 0.1) is 20.8 Å². The monoisotopic (exact) mass is 415 g/mol. The van der Waals surface area contributed by atoms with Crippen molar-refractivity contribution in [3.63, 3.8) is 0 Å². The maximum absolute atomic E-state index is 5.91. The second-order valence-electron chi connectivity index (χ2n) is 6.63. The van der Waals surface area contributed by atoms with E-state index in [0.29, 0.717) is 50.4 Å². The van der Waals surface area contributed by atoms with Crippen LogP contribution in [0, 0.1) is 6.92 Å². The highest BCUT2D eigenvalue weighted by molar-refractivity contribution is 5.79. The zero-order valence-electron chi connectivity index (χ0n) is 18.6. The average molecular weight is 416 g/mol. The van der Waals surface area contributed by atoms with E-state index >= 15 is 0 Å². The molecule has 0 saturated heterocycles. The molecule has 0 fully saturated rings. The van der Waals surface area contributed by atoms with Crippen molar-refractivity contribution in [3.05, 3.63) is 53.1 Å². The molecule has 0 bridgehead atoms. The average Bonchev–Trinajstić information content (AvgIpc) is 2.77. The Morgan fingerprint density at radius 3 is 2.37 bits per heavy atom. The van der Waals surface area contributed by atoms with Gasteiger partial charge in [0.25, 0.3) is 0 Å². The fourth-order valence-corrected chi connectivity index (χ4v) is 2.87. The highest BCUT2D eigenvalue weighted by Crippen LogP contribution is 2.27. The van der Waals surface area contributed by atoms with Crippen LogP contribution in [0.15, 0.2) is 41.4 Å². The standard InChI is InChI=1S/C23H33N3O4/c1-6-29-11-12-30-21-13-17(2)7-9-19(21)16-26-23(24-3)25-15-18-8-10-20(27-4)22(14-18)28-5/h7-10,13-14H,6,11-12,15-16H2,1-5H3,(H2,24,25,26). The van der Waals surface area contributed by atoms with E-state index in [4.69, 9.17) is 18.9 Å². The zero-order chi connectivity index (χ0) is 21.8. The smallest absolute Gasteiger partial charge is 0.191 e. The summed E-state index contributed by atoms with van der Waals surface area (Å²) in [6.07, 6.45) is 0. The molecule has 0 radical (unpaired) electrons. The van der Waals surface area contributed by atoms with Crippen molar-refractivity contribution in [1.29, 1.82) is 0 Å². The van der Waals surface area contributed by atoms with Crippen LogP contribution in [0.5, 0.6) is 17.2 Å². The third-order valence-electron chi connectivity index (χ3n) is 4.49. The van der Waals surface area contributed by atoms with Crippen LogP contribution < -0.4 is 24.8 Å². The second-order valence-corrected chi connectivity index (χ2v) is 6.63. The molecular weight excluding hydrogens is 382 g/mol. The molecule has 0 amide bonds. The predicted octanol–water partition coefficient (Wildman–Crippen LogP) is 3.29. The molecule has 7 heteroatoms. The van der Waals surface area contributed by atoms with Gasteiger partial charge in [0.1, 0.15) is 12.4 Å². The Morgan fingerprint density at radius 2 is 1.67 bits per heavy atom. The van der Waals surface area contributed by atoms with Crippen LogP contribution in [-0.4, -0.2) is 47.0 Å². The summed E-state index contributed by atoms with van der Waals surface area (Å²) in [7, 11) is 5.01. The lowest BCUT2D eigenvalue weighted by atomic mass is 10.1. The summed E-state index contributed by atoms with van der Waals surface area (Å²) in [5, 5.41) is 6.66. The molecule has 0 heterocycles. The number of ether oxygens (including phenoxy) is 4. The Labute approximate surface area is 179 Å². The molecular formula is C23H33N3O4. The Balaban J connectivity index is 1.94. The maximum atomic E-state index is 5.91. The van der Waals surface area contributed by atoms with E-state index in [9.17, 15) is 0 Å². The molecule has 0 atom stereocenters. The number of methoxy groups -OCH3 is 2. The molecule has 0 aliphatic rings. The molecule has 2 aromatic rings. The quantitative estimate of drug-likeness (QED) is 0.333. The molecule has 2 rings (SSSR count). The van der Waals surface area contributed by atoms with Gasteiger partial charge in [-0.05, 0) is 43.2 Å². The number of nitrogens with zero attached hydrogens (tertiary/aromatic N) is 1. The molecule has 30 heavy (non-hydrogen) atoms. The topological polar surface area (TPSA) is 73.3 Å². The summed E-state index contributed by atoms with van der Waals surface area (Å²) < 4.78 is 21.9. The van der Waals surface area contributed by atoms with Gasteiger partial charge in [-0.1, -0.05) is 18.2 Å². The minimum absolute atomic E-state index is 0.524. The second kappa shape index (κ2) is 12.6. The molecule has 7 nitrogen and oxygen atoms in total. The Morgan fingerprint density at radius 1 is 0.900 bits per heavy atom. The van der Waals surface area contributed by atoms with Crippen LogP contribution in [0.2, 0.25) is 0 Å². The number of guanidine groups is 1. The third kappa shape index (κ3) is 7.15. The largest absolute Gasteiger partial charge is 0.493 e. The van der Waals surface area contributed by atoms with E-state index in [2.05, 4.69) is 34.7 Å². The molecule has 0 spiro atoms. The number of aliphatic imine (C=N–C) groups is 1. The maximum Gasteiger partial charge on any atom is 0.191 e. The fraction of sp³-hybridized carbons (Fsp3) is 0.435. The molecule has 2 N–H and O–H groups in total. The van der Waals surface area contributed by atoms with Crippen molar-refractivity contribution in [1.82, 2.24) is 10.6 Å². The van der Waals surface area contributed by atoms with Crippen molar-refractivity contribution >= 4 is 5.96 Å². The van der Waals surface area contributed by atoms with Crippen molar-refractivity contribution in [2.45, 2.75) is 26.9 Å². The summed E-state index contributed by atoms with van der Waals surface area (Å²) in [6.45, 7) is 7.01. The highest BCUT2D eigenvalue weighted by Gasteiger charge is 2.08. The number of rotatable bonds is 11. The normalized spacial score (nSPS) is 11.2. The Kier molecular flexibility index (Phi) is 9.80. The number of nitrogens with one attached hydrogen (secondary N) is 2. The first-order valence-corrected chi connectivity index (χ1v) is 10.1. The third-order valence-corrected chi connectivity index (χ3v) is 4.49. The lowest BCUT2D eigenvalue weighted by molar-refractivity contribution is 0.110. The first kappa shape index (κ1) is 23.3. The van der Waals surface area contributed by atoms with E-state index in [0.717, 1.165) is 22.4 Å². The summed E-state index contributed by atoms with van der Waals surface area (Å²) in [4.78, 5) is 4.31. The van der Waals surface area contributed by atoms with Gasteiger partial charge in [0.15, 0.2) is 17.5 Å². The van der Waals surface area contributed by atoms with Gasteiger partial charge >= 0.3 is 0 Å². The van der Waals surface area contributed by atoms with Crippen molar-refractivity contribution in [3.8, 4) is 17.2 Å². The number of hydrogen-bond donors (Lipinski definition) is 2. The minimum atomic E-state index is 0.524. The van der Waals surface area contributed by atoms with Crippen LogP contribution in [0.25, 0.3) is 0 Å². The predicted molar refractivity (Wildman–Crippen MR) is 120 cm³/mol. The van der Waals surface area contributed by atoms with E-state index in [1.165, 1.54) is 0 Å². The van der Waals surface area contributed by atoms with Crippen molar-refractivity contribution in [2.75, 3.05) is 41.1 Å². The van der Waals surface area contributed by atoms with Crippen molar-refractivity contribution in [2.24, 2.45) is 4.99 Å². The summed E-state index contributed by atoms with van der Waals surface area (Å²) in [6, 6.07) is 12.0. The summed E-state index contributed by atoms with van der Waals surface area (Å²) >= 11 is 0. The number of benzene rings is 2. The van der Waals surface area contributed by atoms with Crippen molar-refractivity contribution < 1.29 is 18.9 Å². The molecule has 0 unspecified atom stereocenters. The minimum Gasteiger partial charge on any atom is -0.493 e. The lowest BCUT2D eigenvalue weighted by Gasteiger charge is -2.16. The Hall–Kier alpha value is -2.93. The van der Waals surface area contributed by atoms with Crippen LogP contribution >= 0.6 is 0 Å². The van der Waals surface area contributed by atoms with Crippen LogP contribution in [0.4, 0.5) is 0 Å².